The second-order valence-electron chi connectivity index (χ2n) is 4.58. The third-order valence-electron chi connectivity index (χ3n) is 3.18. The molecule has 4 nitrogen and oxygen atoms in total. The van der Waals surface area contributed by atoms with Crippen LogP contribution in [0.5, 0.6) is 0 Å². The molecule has 2 aromatic rings. The van der Waals surface area contributed by atoms with Gasteiger partial charge in [0.05, 0.1) is 13.2 Å². The lowest BCUT2D eigenvalue weighted by atomic mass is 10.0. The summed E-state index contributed by atoms with van der Waals surface area (Å²) in [6.45, 7) is 3.70. The Kier molecular flexibility index (Phi) is 4.58. The summed E-state index contributed by atoms with van der Waals surface area (Å²) in [5.74, 6) is 0.568. The number of imidazole rings is 1. The molecule has 0 aromatic carbocycles. The molecule has 1 atom stereocenters. The molecule has 1 saturated heterocycles. The number of rotatable bonds is 2. The minimum absolute atomic E-state index is 0. The predicted molar refractivity (Wildman–Crippen MR) is 73.3 cm³/mol. The molecule has 18 heavy (non-hydrogen) atoms. The van der Waals surface area contributed by atoms with Crippen LogP contribution in [-0.2, 0) is 11.2 Å². The van der Waals surface area contributed by atoms with E-state index in [1.807, 2.05) is 12.4 Å². The fourth-order valence-corrected chi connectivity index (χ4v) is 2.31. The van der Waals surface area contributed by atoms with Gasteiger partial charge in [0.25, 0.3) is 0 Å². The first kappa shape index (κ1) is 13.3. The summed E-state index contributed by atoms with van der Waals surface area (Å²) in [5.41, 5.74) is 2.34. The third-order valence-corrected chi connectivity index (χ3v) is 3.18. The van der Waals surface area contributed by atoms with Crippen molar-refractivity contribution in [3.05, 3.63) is 36.3 Å². The lowest BCUT2D eigenvalue weighted by Crippen LogP contribution is -2.24. The quantitative estimate of drug-likeness (QED) is 0.897. The number of nitrogens with one attached hydrogen (secondary N) is 1. The van der Waals surface area contributed by atoms with Crippen LogP contribution in [0.15, 0.2) is 30.7 Å². The number of hydrogen-bond acceptors (Lipinski definition) is 3. The van der Waals surface area contributed by atoms with Gasteiger partial charge in [-0.2, -0.15) is 0 Å². The SMILES string of the molecule is Cl.c1cn2cc(CC3CNCCOC3)ccc2n1. The van der Waals surface area contributed by atoms with E-state index in [0.29, 0.717) is 5.92 Å². The molecule has 1 fully saturated rings. The van der Waals surface area contributed by atoms with E-state index in [0.717, 1.165) is 38.4 Å². The van der Waals surface area contributed by atoms with Gasteiger partial charge in [-0.25, -0.2) is 4.98 Å². The first-order chi connectivity index (χ1) is 8.42. The summed E-state index contributed by atoms with van der Waals surface area (Å²) in [7, 11) is 0. The van der Waals surface area contributed by atoms with Crippen molar-refractivity contribution in [2.75, 3.05) is 26.3 Å². The van der Waals surface area contributed by atoms with E-state index < -0.39 is 0 Å². The molecule has 1 aliphatic rings. The van der Waals surface area contributed by atoms with Crippen LogP contribution in [0.1, 0.15) is 5.56 Å². The molecule has 5 heteroatoms. The molecule has 3 rings (SSSR count). The molecule has 98 valence electrons. The van der Waals surface area contributed by atoms with Crippen LogP contribution in [0.25, 0.3) is 5.65 Å². The van der Waals surface area contributed by atoms with E-state index in [2.05, 4.69) is 33.0 Å². The van der Waals surface area contributed by atoms with Crippen molar-refractivity contribution in [2.24, 2.45) is 5.92 Å². The zero-order valence-electron chi connectivity index (χ0n) is 10.2. The van der Waals surface area contributed by atoms with Gasteiger partial charge < -0.3 is 14.5 Å². The molecule has 0 spiro atoms. The highest BCUT2D eigenvalue weighted by molar-refractivity contribution is 5.85. The average Bonchev–Trinajstić information content (AvgIpc) is 2.65. The van der Waals surface area contributed by atoms with Gasteiger partial charge in [-0.3, -0.25) is 0 Å². The van der Waals surface area contributed by atoms with Gasteiger partial charge in [-0.15, -0.1) is 12.4 Å². The molecule has 0 bridgehead atoms. The number of ether oxygens (including phenoxy) is 1. The Balaban J connectivity index is 0.00000120. The maximum absolute atomic E-state index is 5.57. The van der Waals surface area contributed by atoms with E-state index >= 15 is 0 Å². The van der Waals surface area contributed by atoms with Crippen molar-refractivity contribution in [1.29, 1.82) is 0 Å². The Morgan fingerprint density at radius 2 is 2.39 bits per heavy atom. The maximum Gasteiger partial charge on any atom is 0.136 e. The first-order valence-corrected chi connectivity index (χ1v) is 6.12. The van der Waals surface area contributed by atoms with Crippen molar-refractivity contribution >= 4 is 18.1 Å². The molecule has 1 N–H and O–H groups in total. The molecule has 2 aromatic heterocycles. The Morgan fingerprint density at radius 1 is 1.44 bits per heavy atom. The van der Waals surface area contributed by atoms with Gasteiger partial charge in [-0.05, 0) is 24.0 Å². The van der Waals surface area contributed by atoms with Crippen molar-refractivity contribution < 1.29 is 4.74 Å². The number of hydrogen-bond donors (Lipinski definition) is 1. The number of aromatic nitrogens is 2. The van der Waals surface area contributed by atoms with Crippen molar-refractivity contribution in [3.63, 3.8) is 0 Å². The molecular weight excluding hydrogens is 250 g/mol. The number of nitrogens with zero attached hydrogens (tertiary/aromatic N) is 2. The minimum atomic E-state index is 0. The second-order valence-corrected chi connectivity index (χ2v) is 4.58. The monoisotopic (exact) mass is 267 g/mol. The minimum Gasteiger partial charge on any atom is -0.380 e. The van der Waals surface area contributed by atoms with Gasteiger partial charge in [0.15, 0.2) is 0 Å². The molecule has 0 saturated carbocycles. The molecule has 1 unspecified atom stereocenters. The van der Waals surface area contributed by atoms with Gasteiger partial charge in [0.1, 0.15) is 5.65 Å². The van der Waals surface area contributed by atoms with Crippen LogP contribution in [0.4, 0.5) is 0 Å². The fraction of sp³-hybridized carbons (Fsp3) is 0.462. The van der Waals surface area contributed by atoms with Crippen LogP contribution >= 0.6 is 12.4 Å². The Hall–Kier alpha value is -1.10. The van der Waals surface area contributed by atoms with Crippen LogP contribution < -0.4 is 5.32 Å². The largest absolute Gasteiger partial charge is 0.380 e. The van der Waals surface area contributed by atoms with Gasteiger partial charge in [0, 0.05) is 31.7 Å². The Morgan fingerprint density at radius 3 is 3.33 bits per heavy atom. The second kappa shape index (κ2) is 6.18. The zero-order valence-corrected chi connectivity index (χ0v) is 11.0. The van der Waals surface area contributed by atoms with E-state index in [9.17, 15) is 0 Å². The smallest absolute Gasteiger partial charge is 0.136 e. The summed E-state index contributed by atoms with van der Waals surface area (Å²) >= 11 is 0. The molecule has 0 aliphatic carbocycles. The van der Waals surface area contributed by atoms with E-state index in [1.165, 1.54) is 5.56 Å². The van der Waals surface area contributed by atoms with Crippen LogP contribution in [0.2, 0.25) is 0 Å². The Labute approximate surface area is 113 Å². The van der Waals surface area contributed by atoms with Gasteiger partial charge in [0.2, 0.25) is 0 Å². The highest BCUT2D eigenvalue weighted by atomic mass is 35.5. The van der Waals surface area contributed by atoms with Crippen molar-refractivity contribution in [2.45, 2.75) is 6.42 Å². The Bertz CT molecular complexity index is 492. The standard InChI is InChI=1S/C13H17N3O.ClH/c1-2-13-15-3-5-16(13)9-11(1)7-12-8-14-4-6-17-10-12;/h1-3,5,9,12,14H,4,6-8,10H2;1H. The zero-order chi connectivity index (χ0) is 11.5. The number of halogens is 1. The molecule has 3 heterocycles. The molecular formula is C13H18ClN3O. The van der Waals surface area contributed by atoms with Crippen molar-refractivity contribution in [1.82, 2.24) is 14.7 Å². The maximum atomic E-state index is 5.57. The molecule has 0 radical (unpaired) electrons. The van der Waals surface area contributed by atoms with Crippen LogP contribution in [0.3, 0.4) is 0 Å². The topological polar surface area (TPSA) is 38.6 Å². The summed E-state index contributed by atoms with van der Waals surface area (Å²) < 4.78 is 7.64. The normalized spacial score (nSPS) is 20.3. The van der Waals surface area contributed by atoms with Crippen LogP contribution in [0, 0.1) is 5.92 Å². The van der Waals surface area contributed by atoms with E-state index in [4.69, 9.17) is 4.74 Å². The highest BCUT2D eigenvalue weighted by Gasteiger charge is 2.13. The van der Waals surface area contributed by atoms with Crippen molar-refractivity contribution in [3.8, 4) is 0 Å². The fourth-order valence-electron chi connectivity index (χ4n) is 2.31. The number of fused-ring (bicyclic) bond motifs is 1. The van der Waals surface area contributed by atoms with E-state index in [-0.39, 0.29) is 12.4 Å². The van der Waals surface area contributed by atoms with E-state index in [1.54, 1.807) is 0 Å². The summed E-state index contributed by atoms with van der Waals surface area (Å²) in [6.07, 6.45) is 7.03. The summed E-state index contributed by atoms with van der Waals surface area (Å²) in [5, 5.41) is 3.41. The predicted octanol–water partition coefficient (Wildman–Crippen LogP) is 1.53. The third kappa shape index (κ3) is 3.02. The van der Waals surface area contributed by atoms with Crippen LogP contribution in [-0.4, -0.2) is 35.7 Å². The van der Waals surface area contributed by atoms with Gasteiger partial charge in [-0.1, -0.05) is 6.07 Å². The lowest BCUT2D eigenvalue weighted by Gasteiger charge is -2.13. The first-order valence-electron chi connectivity index (χ1n) is 6.12. The van der Waals surface area contributed by atoms with Gasteiger partial charge >= 0.3 is 0 Å². The number of pyridine rings is 1. The summed E-state index contributed by atoms with van der Waals surface area (Å²) in [4.78, 5) is 4.25. The average molecular weight is 268 g/mol. The summed E-state index contributed by atoms with van der Waals surface area (Å²) in [6, 6.07) is 4.23. The lowest BCUT2D eigenvalue weighted by molar-refractivity contribution is 0.123. The molecule has 0 amide bonds. The molecule has 1 aliphatic heterocycles. The highest BCUT2D eigenvalue weighted by Crippen LogP contribution is 2.12.